The first-order chi connectivity index (χ1) is 10.7. The van der Waals surface area contributed by atoms with Gasteiger partial charge < -0.3 is 30.5 Å². The van der Waals surface area contributed by atoms with Crippen LogP contribution in [0.15, 0.2) is 11.1 Å². The molecule has 0 radical (unpaired) electrons. The summed E-state index contributed by atoms with van der Waals surface area (Å²) in [7, 11) is -4.80. The van der Waals surface area contributed by atoms with Crippen LogP contribution in [0, 0.1) is 0 Å². The van der Waals surface area contributed by atoms with Crippen LogP contribution in [0.25, 0.3) is 11.2 Å². The van der Waals surface area contributed by atoms with Gasteiger partial charge in [-0.2, -0.15) is 4.98 Å². The monoisotopic (exact) mass is 347 g/mol. The molecule has 0 aromatic carbocycles. The second kappa shape index (κ2) is 5.37. The van der Waals surface area contributed by atoms with E-state index < -0.39 is 43.9 Å². The van der Waals surface area contributed by atoms with Crippen LogP contribution in [0.2, 0.25) is 0 Å². The minimum atomic E-state index is -4.80. The Balaban J connectivity index is 2.17. The van der Waals surface area contributed by atoms with Gasteiger partial charge in [-0.1, -0.05) is 0 Å². The van der Waals surface area contributed by atoms with Crippen molar-refractivity contribution < 1.29 is 29.3 Å². The van der Waals surface area contributed by atoms with Crippen LogP contribution in [0.3, 0.4) is 0 Å². The van der Waals surface area contributed by atoms with E-state index in [1.807, 2.05) is 0 Å². The van der Waals surface area contributed by atoms with Crippen LogP contribution in [-0.2, 0) is 9.30 Å². The fourth-order valence-electron chi connectivity index (χ4n) is 2.60. The van der Waals surface area contributed by atoms with Gasteiger partial charge in [-0.15, -0.1) is 0 Å². The van der Waals surface area contributed by atoms with Crippen molar-refractivity contribution in [2.75, 3.05) is 12.3 Å². The molecule has 23 heavy (non-hydrogen) atoms. The highest BCUT2D eigenvalue weighted by molar-refractivity contribution is 7.52. The van der Waals surface area contributed by atoms with E-state index >= 15 is 0 Å². The molecule has 13 heteroatoms. The molecule has 2 aromatic rings. The summed E-state index contributed by atoms with van der Waals surface area (Å²) in [4.78, 5) is 40.7. The fourth-order valence-corrected chi connectivity index (χ4v) is 3.74. The van der Waals surface area contributed by atoms with Gasteiger partial charge in [-0.3, -0.25) is 18.9 Å². The molecule has 3 heterocycles. The molecule has 0 saturated carbocycles. The molecular weight excluding hydrogens is 333 g/mol. The topological polar surface area (TPSA) is 197 Å². The number of fused-ring (bicyclic) bond motifs is 1. The van der Waals surface area contributed by atoms with Crippen LogP contribution < -0.4 is 11.3 Å². The molecule has 0 aliphatic carbocycles. The highest BCUT2D eigenvalue weighted by Crippen LogP contribution is 2.53. The SMILES string of the molecule is Nc1nc2c(ncn2[C@@H]2O[C@H](CO)[C@H](O)[C@H]2P(=O)(O)O)c(=O)[nH]1. The first kappa shape index (κ1) is 16.1. The van der Waals surface area contributed by atoms with Gasteiger partial charge in [0.2, 0.25) is 5.95 Å². The van der Waals surface area contributed by atoms with Crippen LogP contribution in [0.4, 0.5) is 5.95 Å². The quantitative estimate of drug-likeness (QED) is 0.323. The lowest BCUT2D eigenvalue weighted by atomic mass is 10.2. The molecule has 12 nitrogen and oxygen atoms in total. The van der Waals surface area contributed by atoms with Gasteiger partial charge in [0.05, 0.1) is 12.9 Å². The third kappa shape index (κ3) is 2.55. The van der Waals surface area contributed by atoms with Gasteiger partial charge in [0.25, 0.3) is 5.56 Å². The Morgan fingerprint density at radius 1 is 1.48 bits per heavy atom. The van der Waals surface area contributed by atoms with Gasteiger partial charge in [-0.25, -0.2) is 4.98 Å². The molecule has 0 spiro atoms. The van der Waals surface area contributed by atoms with E-state index in [-0.39, 0.29) is 17.1 Å². The highest BCUT2D eigenvalue weighted by atomic mass is 31.2. The zero-order valence-electron chi connectivity index (χ0n) is 11.5. The third-order valence-electron chi connectivity index (χ3n) is 3.63. The number of aliphatic hydroxyl groups excluding tert-OH is 2. The molecule has 3 rings (SSSR count). The van der Waals surface area contributed by atoms with Gasteiger partial charge >= 0.3 is 7.60 Å². The molecule has 0 amide bonds. The van der Waals surface area contributed by atoms with E-state index in [9.17, 15) is 29.4 Å². The summed E-state index contributed by atoms with van der Waals surface area (Å²) in [6.45, 7) is -0.642. The van der Waals surface area contributed by atoms with E-state index in [1.54, 1.807) is 0 Å². The number of aromatic nitrogens is 4. The molecule has 4 atom stereocenters. The molecular formula is C10H14N5O7P. The highest BCUT2D eigenvalue weighted by Gasteiger charge is 2.53. The number of hydrogen-bond acceptors (Lipinski definition) is 8. The number of rotatable bonds is 3. The Kier molecular flexibility index (Phi) is 3.75. The molecule has 7 N–H and O–H groups in total. The van der Waals surface area contributed by atoms with E-state index in [1.165, 1.54) is 0 Å². The average molecular weight is 347 g/mol. The first-order valence-corrected chi connectivity index (χ1v) is 8.14. The summed E-state index contributed by atoms with van der Waals surface area (Å²) in [6.07, 6.45) is -3.08. The number of nitrogens with zero attached hydrogens (tertiary/aromatic N) is 3. The summed E-state index contributed by atoms with van der Waals surface area (Å²) >= 11 is 0. The standard InChI is InChI=1S/C10H14N5O7P/c11-10-13-7-4(8(18)14-10)12-2-15(7)9-6(23(19,20)21)5(17)3(1-16)22-9/h2-3,5-6,9,16-17H,1H2,(H2,19,20,21)(H3,11,13,14,18)/t3-,5+,6-,9-/m1/s1. The van der Waals surface area contributed by atoms with Gasteiger partial charge in [0, 0.05) is 0 Å². The predicted octanol–water partition coefficient (Wildman–Crippen LogP) is -2.50. The summed E-state index contributed by atoms with van der Waals surface area (Å²) in [5.74, 6) is -0.214. The third-order valence-corrected chi connectivity index (χ3v) is 4.97. The van der Waals surface area contributed by atoms with Gasteiger partial charge in [0.15, 0.2) is 17.4 Å². The number of nitrogens with two attached hydrogens (primary N) is 1. The van der Waals surface area contributed by atoms with Gasteiger partial charge in [-0.05, 0) is 0 Å². The number of hydrogen-bond donors (Lipinski definition) is 6. The van der Waals surface area contributed by atoms with Gasteiger partial charge in [0.1, 0.15) is 17.9 Å². The molecule has 126 valence electrons. The number of ether oxygens (including phenoxy) is 1. The average Bonchev–Trinajstić information content (AvgIpc) is 2.98. The van der Waals surface area contributed by atoms with E-state index in [0.717, 1.165) is 10.9 Å². The van der Waals surface area contributed by atoms with Crippen molar-refractivity contribution in [1.82, 2.24) is 19.5 Å². The van der Waals surface area contributed by atoms with Crippen LogP contribution in [-0.4, -0.2) is 64.0 Å². The number of nitrogen functional groups attached to an aromatic ring is 1. The summed E-state index contributed by atoms with van der Waals surface area (Å²) in [5.41, 5.74) is 3.02. The van der Waals surface area contributed by atoms with Crippen LogP contribution in [0.5, 0.6) is 0 Å². The number of nitrogens with one attached hydrogen (secondary N) is 1. The summed E-state index contributed by atoms with van der Waals surface area (Å²) in [5, 5.41) is 19.2. The lowest BCUT2D eigenvalue weighted by Gasteiger charge is -2.22. The minimum absolute atomic E-state index is 0.0551. The van der Waals surface area contributed by atoms with Crippen molar-refractivity contribution in [3.8, 4) is 0 Å². The molecule has 1 fully saturated rings. The summed E-state index contributed by atoms with van der Waals surface area (Å²) in [6, 6.07) is 0. The maximum Gasteiger partial charge on any atom is 0.335 e. The van der Waals surface area contributed by atoms with E-state index in [2.05, 4.69) is 15.0 Å². The second-order valence-corrected chi connectivity index (χ2v) is 6.87. The number of aromatic amines is 1. The second-order valence-electron chi connectivity index (χ2n) is 5.09. The molecule has 2 aromatic heterocycles. The Labute approximate surface area is 127 Å². The number of anilines is 1. The first-order valence-electron chi connectivity index (χ1n) is 6.46. The van der Waals surface area contributed by atoms with E-state index in [4.69, 9.17) is 10.5 Å². The zero-order valence-corrected chi connectivity index (χ0v) is 12.4. The minimum Gasteiger partial charge on any atom is -0.394 e. The molecule has 1 saturated heterocycles. The number of aliphatic hydroxyl groups is 2. The van der Waals surface area contributed by atoms with Crippen molar-refractivity contribution in [1.29, 1.82) is 0 Å². The summed E-state index contributed by atoms with van der Waals surface area (Å²) < 4.78 is 18.1. The number of imidazole rings is 1. The fraction of sp³-hybridized carbons (Fsp3) is 0.500. The largest absolute Gasteiger partial charge is 0.394 e. The normalized spacial score (nSPS) is 28.5. The zero-order chi connectivity index (χ0) is 16.9. The Bertz CT molecular complexity index is 844. The molecule has 0 unspecified atom stereocenters. The maximum absolute atomic E-state index is 11.8. The van der Waals surface area contributed by atoms with Crippen molar-refractivity contribution in [2.45, 2.75) is 24.1 Å². The predicted molar refractivity (Wildman–Crippen MR) is 75.4 cm³/mol. The molecule has 1 aliphatic rings. The molecule has 0 bridgehead atoms. The molecule has 1 aliphatic heterocycles. The smallest absolute Gasteiger partial charge is 0.335 e. The van der Waals surface area contributed by atoms with Crippen molar-refractivity contribution in [2.24, 2.45) is 0 Å². The number of H-pyrrole nitrogens is 1. The van der Waals surface area contributed by atoms with Crippen LogP contribution in [0.1, 0.15) is 6.23 Å². The Morgan fingerprint density at radius 2 is 2.17 bits per heavy atom. The van der Waals surface area contributed by atoms with Crippen molar-refractivity contribution in [3.05, 3.63) is 16.7 Å². The lowest BCUT2D eigenvalue weighted by molar-refractivity contribution is -0.0432. The Morgan fingerprint density at radius 3 is 2.78 bits per heavy atom. The van der Waals surface area contributed by atoms with E-state index in [0.29, 0.717) is 0 Å². The van der Waals surface area contributed by atoms with Crippen LogP contribution >= 0.6 is 7.60 Å². The Hall–Kier alpha value is -1.82. The maximum atomic E-state index is 11.8. The van der Waals surface area contributed by atoms with Crippen molar-refractivity contribution >= 4 is 24.7 Å². The lowest BCUT2D eigenvalue weighted by Crippen LogP contribution is -2.33. The van der Waals surface area contributed by atoms with Crippen molar-refractivity contribution in [3.63, 3.8) is 0 Å².